The number of pyridine rings is 1. The average molecular weight is 1240 g/mol. The van der Waals surface area contributed by atoms with E-state index in [0.29, 0.717) is 86.5 Å². The highest BCUT2D eigenvalue weighted by atomic mass is 32.1. The summed E-state index contributed by atoms with van der Waals surface area (Å²) < 4.78 is 10.7. The second-order valence-electron chi connectivity index (χ2n) is 19.1. The monoisotopic (exact) mass is 1240 g/mol. The first kappa shape index (κ1) is 60.0. The van der Waals surface area contributed by atoms with Crippen LogP contribution in [0.4, 0.5) is 10.6 Å². The third-order valence-corrected chi connectivity index (χ3v) is 18.6. The van der Waals surface area contributed by atoms with Crippen LogP contribution in [0.25, 0.3) is 43.4 Å². The summed E-state index contributed by atoms with van der Waals surface area (Å²) in [5.41, 5.74) is 2.77. The molecule has 10 bridgehead atoms. The number of ether oxygens (including phenoxy) is 2. The number of hydrogen-bond donors (Lipinski definition) is 7. The SMILES string of the molecule is CNC(=O)C[C@@H]1NC(=O)c2csc(n2)-c2ccc(-c3nc(NC(=O)OCCCCC(=O)O)cs3)nc2-c2csc(n2)-c2csc(n2)[C@H]([C@@H](O)c2ccccc2)NC(=O)CNC(=O)c2nc(sc2COC)[C@H](C(C)C)CC(=O)c2nc1sc2C. The molecule has 0 radical (unpaired) electrons. The summed E-state index contributed by atoms with van der Waals surface area (Å²) in [7, 11) is 2.95. The third-order valence-electron chi connectivity index (χ3n) is 12.9. The topological polar surface area (TPSA) is 329 Å². The molecule has 0 aliphatic carbocycles. The van der Waals surface area contributed by atoms with Crippen molar-refractivity contribution in [2.45, 2.75) is 83.6 Å². The standard InChI is InChI=1S/C54H54N12O11S6/c1-25(2)29-17-35(67)41-26(3)82-52(65-41)31(18-38(68)55-4)58-46(73)33-22-78-48(60-33)28-14-15-30(50-62-37(24-81-50)63-54(75)77-16-10-9-13-40(70)71)57-42(28)32-21-79-51(59-32)34-23-80-53(61-34)44(45(72)27-11-7-6-8-12-27)64-39(69)19-56-47(74)43-36(20-76-5)83-49(29)66-43/h6-8,11-12,14-15,21-25,29,31,44-45,72H,9-10,13,16-20H2,1-5H3,(H,55,68)(H,56,74)(H,58,73)(H,63,75)(H,64,69)(H,70,71)/t29-,31-,44-,45-/m0/s1. The largest absolute Gasteiger partial charge is 0.481 e. The maximum Gasteiger partial charge on any atom is 0.412 e. The Bertz CT molecular complexity index is 3680. The molecular formula is C54H54N12O11S6. The number of fused-ring (bicyclic) bond motifs is 14. The van der Waals surface area contributed by atoms with E-state index in [4.69, 9.17) is 44.5 Å². The van der Waals surface area contributed by atoms with Crippen LogP contribution in [0.15, 0.2) is 64.0 Å². The zero-order valence-corrected chi connectivity index (χ0v) is 49.9. The van der Waals surface area contributed by atoms with Gasteiger partial charge in [0.2, 0.25) is 11.8 Å². The van der Waals surface area contributed by atoms with Crippen LogP contribution in [-0.2, 0) is 30.5 Å². The molecule has 83 heavy (non-hydrogen) atoms. The summed E-state index contributed by atoms with van der Waals surface area (Å²) in [4.78, 5) is 128. The molecule has 4 atom stereocenters. The number of carbonyl (C=O) groups is 7. The maximum absolute atomic E-state index is 14.3. The van der Waals surface area contributed by atoms with E-state index in [-0.39, 0.29) is 67.1 Å². The Morgan fingerprint density at radius 1 is 0.747 bits per heavy atom. The smallest absolute Gasteiger partial charge is 0.412 e. The lowest BCUT2D eigenvalue weighted by Crippen LogP contribution is -2.40. The highest BCUT2D eigenvalue weighted by molar-refractivity contribution is 7.15. The van der Waals surface area contributed by atoms with Crippen molar-refractivity contribution in [1.82, 2.24) is 56.2 Å². The number of aliphatic hydroxyl groups is 1. The molecule has 1 aliphatic rings. The molecule has 8 heterocycles. The summed E-state index contributed by atoms with van der Waals surface area (Å²) in [5.74, 6) is -3.96. The van der Waals surface area contributed by atoms with Crippen molar-refractivity contribution in [2.75, 3.05) is 32.6 Å². The average Bonchev–Trinajstić information content (AvgIpc) is 4.45. The number of Topliss-reactive ketones (excluding diaryl/α,β-unsaturated/α-hetero) is 1. The number of amides is 5. The van der Waals surface area contributed by atoms with E-state index in [2.05, 4.69) is 31.6 Å². The first-order chi connectivity index (χ1) is 40.0. The molecule has 0 fully saturated rings. The molecule has 0 spiro atoms. The van der Waals surface area contributed by atoms with Gasteiger partial charge in [0.25, 0.3) is 11.8 Å². The van der Waals surface area contributed by atoms with E-state index in [1.165, 1.54) is 82.2 Å². The van der Waals surface area contributed by atoms with Gasteiger partial charge in [0.15, 0.2) is 5.78 Å². The predicted molar refractivity (Wildman–Crippen MR) is 315 cm³/mol. The zero-order chi connectivity index (χ0) is 58.9. The molecule has 8 aromatic rings. The van der Waals surface area contributed by atoms with E-state index < -0.39 is 66.3 Å². The zero-order valence-electron chi connectivity index (χ0n) is 45.0. The van der Waals surface area contributed by atoms with Crippen molar-refractivity contribution in [3.8, 4) is 43.4 Å². The van der Waals surface area contributed by atoms with Gasteiger partial charge in [-0.2, -0.15) is 0 Å². The van der Waals surface area contributed by atoms with Crippen LogP contribution in [0, 0.1) is 12.8 Å². The molecule has 432 valence electrons. The normalized spacial score (nSPS) is 16.3. The Morgan fingerprint density at radius 3 is 2.23 bits per heavy atom. The summed E-state index contributed by atoms with van der Waals surface area (Å²) in [6, 6.07) is 10.2. The van der Waals surface area contributed by atoms with Crippen LogP contribution in [0.3, 0.4) is 0 Å². The van der Waals surface area contributed by atoms with Gasteiger partial charge >= 0.3 is 12.1 Å². The van der Waals surface area contributed by atoms with Gasteiger partial charge in [-0.15, -0.1) is 68.0 Å². The lowest BCUT2D eigenvalue weighted by atomic mass is 9.90. The molecular weight excluding hydrogens is 1190 g/mol. The third kappa shape index (κ3) is 14.6. The Kier molecular flexibility index (Phi) is 19.6. The van der Waals surface area contributed by atoms with E-state index in [1.807, 2.05) is 13.8 Å². The molecule has 29 heteroatoms. The Hall–Kier alpha value is -7.64. The van der Waals surface area contributed by atoms with E-state index >= 15 is 0 Å². The summed E-state index contributed by atoms with van der Waals surface area (Å²) >= 11 is 7.21. The molecule has 5 amide bonds. The number of nitrogens with one attached hydrogen (secondary N) is 5. The van der Waals surface area contributed by atoms with Crippen molar-refractivity contribution in [2.24, 2.45) is 5.92 Å². The molecule has 9 rings (SSSR count). The van der Waals surface area contributed by atoms with Crippen molar-refractivity contribution in [1.29, 1.82) is 0 Å². The number of aryl methyl sites for hydroxylation is 1. The summed E-state index contributed by atoms with van der Waals surface area (Å²) in [5, 5.41) is 43.6. The van der Waals surface area contributed by atoms with Crippen LogP contribution >= 0.6 is 68.0 Å². The number of unbranched alkanes of at least 4 members (excludes halogenated alkanes) is 1. The fourth-order valence-corrected chi connectivity index (χ4v) is 14.1. The van der Waals surface area contributed by atoms with Gasteiger partial charge in [0.05, 0.1) is 47.8 Å². The second kappa shape index (κ2) is 27.2. The molecule has 0 saturated carbocycles. The Labute approximate surface area is 498 Å². The quantitative estimate of drug-likeness (QED) is 0.0499. The number of carbonyl (C=O) groups excluding carboxylic acids is 6. The van der Waals surface area contributed by atoms with Crippen LogP contribution < -0.4 is 26.6 Å². The highest BCUT2D eigenvalue weighted by Gasteiger charge is 2.33. The predicted octanol–water partition coefficient (Wildman–Crippen LogP) is 9.00. The lowest BCUT2D eigenvalue weighted by Gasteiger charge is -2.23. The molecule has 1 aliphatic heterocycles. The van der Waals surface area contributed by atoms with Gasteiger partial charge in [0.1, 0.15) is 77.2 Å². The van der Waals surface area contributed by atoms with Gasteiger partial charge in [-0.05, 0) is 43.4 Å². The number of thiazole rings is 6. The number of hydrogen-bond acceptors (Lipinski definition) is 23. The number of aliphatic hydroxyl groups excluding tert-OH is 1. The highest BCUT2D eigenvalue weighted by Crippen LogP contribution is 2.41. The molecule has 0 saturated heterocycles. The Balaban J connectivity index is 1.10. The van der Waals surface area contributed by atoms with E-state index in [9.17, 15) is 38.7 Å². The first-order valence-corrected chi connectivity index (χ1v) is 30.9. The lowest BCUT2D eigenvalue weighted by molar-refractivity contribution is -0.137. The maximum atomic E-state index is 14.3. The molecule has 7 N–H and O–H groups in total. The first-order valence-electron chi connectivity index (χ1n) is 25.8. The number of ketones is 1. The fraction of sp³-hybridized carbons (Fsp3) is 0.333. The Morgan fingerprint density at radius 2 is 1.47 bits per heavy atom. The minimum Gasteiger partial charge on any atom is -0.481 e. The van der Waals surface area contributed by atoms with Gasteiger partial charge in [-0.3, -0.25) is 34.1 Å². The molecule has 0 unspecified atom stereocenters. The minimum atomic E-state index is -1.28. The van der Waals surface area contributed by atoms with Gasteiger partial charge < -0.3 is 41.0 Å². The van der Waals surface area contributed by atoms with E-state index in [0.717, 1.165) is 0 Å². The molecule has 23 nitrogen and oxygen atoms in total. The number of aromatic nitrogens is 7. The number of anilines is 1. The number of nitrogens with zero attached hydrogens (tertiary/aromatic N) is 7. The summed E-state index contributed by atoms with van der Waals surface area (Å²) in [6.07, 6.45) is -1.61. The van der Waals surface area contributed by atoms with Crippen LogP contribution in [-0.4, -0.2) is 114 Å². The molecule has 1 aromatic carbocycles. The summed E-state index contributed by atoms with van der Waals surface area (Å²) in [6.45, 7) is 5.16. The van der Waals surface area contributed by atoms with Crippen LogP contribution in [0.2, 0.25) is 0 Å². The van der Waals surface area contributed by atoms with Gasteiger partial charge in [-0.25, -0.2) is 39.7 Å². The number of rotatable bonds is 14. The number of aliphatic carboxylic acids is 1. The minimum absolute atomic E-state index is 0.0184. The van der Waals surface area contributed by atoms with Crippen molar-refractivity contribution in [3.05, 3.63) is 111 Å². The van der Waals surface area contributed by atoms with Crippen molar-refractivity contribution < 1.29 is 53.2 Å². The second-order valence-corrected chi connectivity index (χ2v) is 24.9. The van der Waals surface area contributed by atoms with Crippen LogP contribution in [0.5, 0.6) is 0 Å². The number of methoxy groups -OCH3 is 1. The van der Waals surface area contributed by atoms with E-state index in [1.54, 1.807) is 70.9 Å². The fourth-order valence-electron chi connectivity index (χ4n) is 8.58. The van der Waals surface area contributed by atoms with Gasteiger partial charge in [0, 0.05) is 64.9 Å². The number of carboxylic acids is 1. The number of carboxylic acid groups (broad SMARTS) is 1. The number of benzene rings is 1. The van der Waals surface area contributed by atoms with Gasteiger partial charge in [-0.1, -0.05) is 44.2 Å². The van der Waals surface area contributed by atoms with Crippen molar-refractivity contribution in [3.63, 3.8) is 0 Å². The van der Waals surface area contributed by atoms with Crippen molar-refractivity contribution >= 4 is 115 Å². The van der Waals surface area contributed by atoms with Crippen LogP contribution in [0.1, 0.15) is 132 Å². The molecule has 7 aromatic heterocycles.